The molecule has 1 aromatic heterocycles. The number of aromatic nitrogens is 1. The van der Waals surface area contributed by atoms with Gasteiger partial charge in [-0.25, -0.2) is 9.78 Å². The van der Waals surface area contributed by atoms with Crippen LogP contribution in [-0.4, -0.2) is 16.7 Å². The van der Waals surface area contributed by atoms with Crippen molar-refractivity contribution in [3.63, 3.8) is 0 Å². The van der Waals surface area contributed by atoms with Gasteiger partial charge in [0.1, 0.15) is 11.3 Å². The van der Waals surface area contributed by atoms with Gasteiger partial charge in [0, 0.05) is 0 Å². The summed E-state index contributed by atoms with van der Waals surface area (Å²) in [5, 5.41) is 10.9. The lowest BCUT2D eigenvalue weighted by Gasteiger charge is -2.19. The summed E-state index contributed by atoms with van der Waals surface area (Å²) >= 11 is 0. The second kappa shape index (κ2) is 4.66. The standard InChI is InChI=1S/C10H13N3O3/c1-10(2,3)16-9(14)13-8-7(4-5-11)12-6-15-8/h6H,4H2,1-3H3,(H,13,14). The van der Waals surface area contributed by atoms with Gasteiger partial charge in [0.2, 0.25) is 5.88 Å². The first-order chi connectivity index (χ1) is 7.42. The van der Waals surface area contributed by atoms with Crippen molar-refractivity contribution < 1.29 is 13.9 Å². The first-order valence-electron chi connectivity index (χ1n) is 4.71. The third-order valence-electron chi connectivity index (χ3n) is 1.50. The summed E-state index contributed by atoms with van der Waals surface area (Å²) in [5.74, 6) is 0.149. The number of oxazole rings is 1. The average Bonchev–Trinajstić information content (AvgIpc) is 2.50. The predicted molar refractivity (Wildman–Crippen MR) is 55.7 cm³/mol. The highest BCUT2D eigenvalue weighted by molar-refractivity contribution is 5.83. The van der Waals surface area contributed by atoms with E-state index in [1.165, 1.54) is 6.39 Å². The van der Waals surface area contributed by atoms with E-state index in [-0.39, 0.29) is 12.3 Å². The Morgan fingerprint density at radius 3 is 2.94 bits per heavy atom. The summed E-state index contributed by atoms with van der Waals surface area (Å²) < 4.78 is 9.95. The van der Waals surface area contributed by atoms with E-state index in [4.69, 9.17) is 14.4 Å². The molecule has 6 heteroatoms. The molecule has 1 aromatic rings. The lowest BCUT2D eigenvalue weighted by atomic mass is 10.2. The molecule has 16 heavy (non-hydrogen) atoms. The normalized spacial score (nSPS) is 10.6. The maximum absolute atomic E-state index is 11.4. The Balaban J connectivity index is 2.63. The van der Waals surface area contributed by atoms with Crippen molar-refractivity contribution in [2.24, 2.45) is 0 Å². The number of rotatable bonds is 2. The minimum Gasteiger partial charge on any atom is -0.444 e. The Bertz CT molecular complexity index is 412. The van der Waals surface area contributed by atoms with E-state index in [9.17, 15) is 4.79 Å². The minimum atomic E-state index is -0.636. The second-order valence-electron chi connectivity index (χ2n) is 4.09. The zero-order valence-electron chi connectivity index (χ0n) is 9.40. The molecule has 0 radical (unpaired) electrons. The van der Waals surface area contributed by atoms with Crippen LogP contribution >= 0.6 is 0 Å². The summed E-state index contributed by atoms with van der Waals surface area (Å²) in [5.41, 5.74) is -0.201. The molecule has 0 aliphatic rings. The van der Waals surface area contributed by atoms with Crippen molar-refractivity contribution in [2.75, 3.05) is 5.32 Å². The molecule has 0 bridgehead atoms. The van der Waals surface area contributed by atoms with Crippen LogP contribution in [0.4, 0.5) is 10.7 Å². The predicted octanol–water partition coefficient (Wildman–Crippen LogP) is 2.09. The van der Waals surface area contributed by atoms with Crippen molar-refractivity contribution in [1.29, 1.82) is 5.26 Å². The molecule has 0 fully saturated rings. The van der Waals surface area contributed by atoms with Gasteiger partial charge in [0.25, 0.3) is 0 Å². The van der Waals surface area contributed by atoms with E-state index in [2.05, 4.69) is 10.3 Å². The van der Waals surface area contributed by atoms with Crippen LogP contribution in [0.1, 0.15) is 26.5 Å². The zero-order chi connectivity index (χ0) is 12.2. The van der Waals surface area contributed by atoms with Gasteiger partial charge in [-0.1, -0.05) is 0 Å². The molecule has 0 saturated carbocycles. The molecule has 0 saturated heterocycles. The van der Waals surface area contributed by atoms with Crippen LogP contribution in [0.15, 0.2) is 10.8 Å². The fraction of sp³-hybridized carbons (Fsp3) is 0.500. The largest absolute Gasteiger partial charge is 0.444 e. The fourth-order valence-corrected chi connectivity index (χ4v) is 0.968. The molecule has 1 rings (SSSR count). The zero-order valence-corrected chi connectivity index (χ0v) is 9.40. The number of nitrogens with one attached hydrogen (secondary N) is 1. The van der Waals surface area contributed by atoms with Gasteiger partial charge >= 0.3 is 6.09 Å². The third-order valence-corrected chi connectivity index (χ3v) is 1.50. The number of anilines is 1. The van der Waals surface area contributed by atoms with Gasteiger partial charge in [-0.2, -0.15) is 5.26 Å². The SMILES string of the molecule is CC(C)(C)OC(=O)Nc1ocnc1CC#N. The van der Waals surface area contributed by atoms with Crippen molar-refractivity contribution in [1.82, 2.24) is 4.98 Å². The van der Waals surface area contributed by atoms with Gasteiger partial charge in [-0.3, -0.25) is 5.32 Å². The van der Waals surface area contributed by atoms with Gasteiger partial charge in [-0.15, -0.1) is 0 Å². The Labute approximate surface area is 93.2 Å². The lowest BCUT2D eigenvalue weighted by molar-refractivity contribution is 0.0632. The summed E-state index contributed by atoms with van der Waals surface area (Å²) in [6, 6.07) is 1.92. The highest BCUT2D eigenvalue weighted by Gasteiger charge is 2.18. The Morgan fingerprint density at radius 2 is 2.38 bits per heavy atom. The van der Waals surface area contributed by atoms with Crippen LogP contribution in [0.3, 0.4) is 0 Å². The van der Waals surface area contributed by atoms with Crippen LogP contribution in [0.2, 0.25) is 0 Å². The topological polar surface area (TPSA) is 88.2 Å². The molecule has 0 spiro atoms. The lowest BCUT2D eigenvalue weighted by Crippen LogP contribution is -2.27. The van der Waals surface area contributed by atoms with Gasteiger partial charge in [0.15, 0.2) is 6.39 Å². The maximum Gasteiger partial charge on any atom is 0.414 e. The number of hydrogen-bond donors (Lipinski definition) is 1. The molecular weight excluding hydrogens is 210 g/mol. The van der Waals surface area contributed by atoms with Crippen LogP contribution < -0.4 is 5.32 Å². The molecule has 0 atom stereocenters. The summed E-state index contributed by atoms with van der Waals surface area (Å²) in [6.45, 7) is 5.26. The van der Waals surface area contributed by atoms with Crippen molar-refractivity contribution in [3.05, 3.63) is 12.1 Å². The smallest absolute Gasteiger partial charge is 0.414 e. The summed E-state index contributed by atoms with van der Waals surface area (Å²) in [4.78, 5) is 15.2. The molecule has 0 unspecified atom stereocenters. The molecule has 1 heterocycles. The van der Waals surface area contributed by atoms with Crippen LogP contribution in [0.25, 0.3) is 0 Å². The molecule has 0 aliphatic carbocycles. The summed E-state index contributed by atoms with van der Waals surface area (Å²) in [6.07, 6.45) is 0.601. The average molecular weight is 223 g/mol. The molecule has 0 aliphatic heterocycles. The van der Waals surface area contributed by atoms with Crippen molar-refractivity contribution >= 4 is 12.0 Å². The molecule has 86 valence electrons. The van der Waals surface area contributed by atoms with Crippen LogP contribution in [0, 0.1) is 11.3 Å². The number of nitrogens with zero attached hydrogens (tertiary/aromatic N) is 2. The first-order valence-corrected chi connectivity index (χ1v) is 4.71. The number of hydrogen-bond acceptors (Lipinski definition) is 5. The first kappa shape index (κ1) is 12.0. The van der Waals surface area contributed by atoms with Crippen LogP contribution in [-0.2, 0) is 11.2 Å². The number of carbonyl (C=O) groups is 1. The second-order valence-corrected chi connectivity index (χ2v) is 4.09. The van der Waals surface area contributed by atoms with E-state index in [0.29, 0.717) is 5.69 Å². The van der Waals surface area contributed by atoms with Gasteiger partial charge in [-0.05, 0) is 20.8 Å². The fourth-order valence-electron chi connectivity index (χ4n) is 0.968. The van der Waals surface area contributed by atoms with E-state index in [1.54, 1.807) is 20.8 Å². The number of carbonyl (C=O) groups excluding carboxylic acids is 1. The van der Waals surface area contributed by atoms with E-state index >= 15 is 0 Å². The molecule has 1 N–H and O–H groups in total. The number of nitriles is 1. The van der Waals surface area contributed by atoms with Crippen molar-refractivity contribution in [2.45, 2.75) is 32.8 Å². The molecule has 6 nitrogen and oxygen atoms in total. The van der Waals surface area contributed by atoms with E-state index in [1.807, 2.05) is 6.07 Å². The molecule has 1 amide bonds. The number of amides is 1. The van der Waals surface area contributed by atoms with E-state index in [0.717, 1.165) is 0 Å². The van der Waals surface area contributed by atoms with Gasteiger partial charge < -0.3 is 9.15 Å². The van der Waals surface area contributed by atoms with Crippen LogP contribution in [0.5, 0.6) is 0 Å². The van der Waals surface area contributed by atoms with E-state index < -0.39 is 11.7 Å². The quantitative estimate of drug-likeness (QED) is 0.829. The number of ether oxygens (including phenoxy) is 1. The highest BCUT2D eigenvalue weighted by Crippen LogP contribution is 2.15. The summed E-state index contributed by atoms with van der Waals surface area (Å²) in [7, 11) is 0. The Morgan fingerprint density at radius 1 is 1.69 bits per heavy atom. The highest BCUT2D eigenvalue weighted by atomic mass is 16.6. The Hall–Kier alpha value is -2.03. The minimum absolute atomic E-state index is 0.0711. The molecule has 0 aromatic carbocycles. The maximum atomic E-state index is 11.4. The third kappa shape index (κ3) is 3.61. The monoisotopic (exact) mass is 223 g/mol. The molecular formula is C10H13N3O3. The van der Waals surface area contributed by atoms with Crippen molar-refractivity contribution in [3.8, 4) is 6.07 Å². The van der Waals surface area contributed by atoms with Gasteiger partial charge in [0.05, 0.1) is 12.5 Å². The Kier molecular flexibility index (Phi) is 3.51.